The van der Waals surface area contributed by atoms with Gasteiger partial charge in [-0.15, -0.1) is 0 Å². The fraction of sp³-hybridized carbons (Fsp3) is 0.778. The molecular weight excluding hydrogens is 140 g/mol. The van der Waals surface area contributed by atoms with Crippen molar-refractivity contribution < 1.29 is 9.84 Å². The van der Waals surface area contributed by atoms with E-state index in [4.69, 9.17) is 4.74 Å². The Morgan fingerprint density at radius 2 is 2.18 bits per heavy atom. The van der Waals surface area contributed by atoms with Crippen molar-refractivity contribution in [3.63, 3.8) is 0 Å². The van der Waals surface area contributed by atoms with Gasteiger partial charge in [0.15, 0.2) is 0 Å². The predicted octanol–water partition coefficient (Wildman–Crippen LogP) is 1.49. The minimum Gasteiger partial charge on any atom is -0.385 e. The van der Waals surface area contributed by atoms with E-state index < -0.39 is 5.60 Å². The molecule has 2 heteroatoms. The maximum Gasteiger partial charge on any atom is 0.111 e. The third-order valence-electron chi connectivity index (χ3n) is 1.90. The van der Waals surface area contributed by atoms with Crippen molar-refractivity contribution in [2.24, 2.45) is 0 Å². The maximum absolute atomic E-state index is 9.57. The molecule has 0 aromatic heterocycles. The first-order valence-corrected chi connectivity index (χ1v) is 4.06. The van der Waals surface area contributed by atoms with Crippen LogP contribution >= 0.6 is 0 Å². The van der Waals surface area contributed by atoms with E-state index in [2.05, 4.69) is 19.9 Å². The summed E-state index contributed by atoms with van der Waals surface area (Å²) in [6.07, 6.45) is 3.94. The van der Waals surface area contributed by atoms with Crippen LogP contribution in [0.5, 0.6) is 0 Å². The first-order chi connectivity index (χ1) is 5.12. The lowest BCUT2D eigenvalue weighted by Crippen LogP contribution is -2.49. The Bertz CT molecular complexity index is 153. The minimum absolute atomic E-state index is 0.508. The van der Waals surface area contributed by atoms with Gasteiger partial charge in [-0.25, -0.2) is 0 Å². The summed E-state index contributed by atoms with van der Waals surface area (Å²) in [5, 5.41) is 9.57. The fourth-order valence-electron chi connectivity index (χ4n) is 1.11. The van der Waals surface area contributed by atoms with Gasteiger partial charge in [0.1, 0.15) is 5.60 Å². The lowest BCUT2D eigenvalue weighted by Gasteiger charge is -2.36. The molecule has 0 radical (unpaired) electrons. The molecule has 1 aliphatic rings. The number of ether oxygens (including phenoxy) is 1. The van der Waals surface area contributed by atoms with Gasteiger partial charge in [-0.1, -0.05) is 11.6 Å². The van der Waals surface area contributed by atoms with Crippen molar-refractivity contribution in [3.05, 3.63) is 11.6 Å². The summed E-state index contributed by atoms with van der Waals surface area (Å²) in [6, 6.07) is 0. The quantitative estimate of drug-likeness (QED) is 0.627. The van der Waals surface area contributed by atoms with Gasteiger partial charge >= 0.3 is 0 Å². The fourth-order valence-corrected chi connectivity index (χ4v) is 1.11. The highest BCUT2D eigenvalue weighted by atomic mass is 16.5. The van der Waals surface area contributed by atoms with Crippen LogP contribution < -0.4 is 0 Å². The summed E-state index contributed by atoms with van der Waals surface area (Å²) in [4.78, 5) is 0. The summed E-state index contributed by atoms with van der Waals surface area (Å²) in [5.74, 6) is 0. The van der Waals surface area contributed by atoms with Crippen molar-refractivity contribution >= 4 is 0 Å². The average Bonchev–Trinajstić information content (AvgIpc) is 1.83. The summed E-state index contributed by atoms with van der Waals surface area (Å²) < 4.78 is 4.92. The Morgan fingerprint density at radius 1 is 1.55 bits per heavy atom. The summed E-state index contributed by atoms with van der Waals surface area (Å²) >= 11 is 0. The first-order valence-electron chi connectivity index (χ1n) is 4.06. The van der Waals surface area contributed by atoms with Crippen LogP contribution in [0.4, 0.5) is 0 Å². The number of hydrogen-bond donors (Lipinski definition) is 1. The van der Waals surface area contributed by atoms with E-state index in [0.29, 0.717) is 13.2 Å². The van der Waals surface area contributed by atoms with E-state index in [1.165, 1.54) is 5.57 Å². The van der Waals surface area contributed by atoms with Crippen LogP contribution in [-0.2, 0) is 4.74 Å². The summed E-state index contributed by atoms with van der Waals surface area (Å²) in [7, 11) is 0. The molecular formula is C9H16O2. The number of rotatable bonds is 3. The molecule has 0 aromatic carbocycles. The molecule has 0 atom stereocenters. The first kappa shape index (κ1) is 8.75. The van der Waals surface area contributed by atoms with E-state index in [0.717, 1.165) is 12.8 Å². The minimum atomic E-state index is -0.508. The highest BCUT2D eigenvalue weighted by Gasteiger charge is 2.34. The van der Waals surface area contributed by atoms with E-state index in [1.54, 1.807) is 0 Å². The van der Waals surface area contributed by atoms with Gasteiger partial charge in [0.25, 0.3) is 0 Å². The predicted molar refractivity (Wildman–Crippen MR) is 44.4 cm³/mol. The van der Waals surface area contributed by atoms with E-state index in [9.17, 15) is 5.11 Å². The molecule has 1 N–H and O–H groups in total. The normalized spacial score (nSPS) is 20.6. The number of hydrogen-bond acceptors (Lipinski definition) is 2. The third-order valence-corrected chi connectivity index (χ3v) is 1.90. The van der Waals surface area contributed by atoms with Gasteiger partial charge in [0.05, 0.1) is 13.2 Å². The van der Waals surface area contributed by atoms with Crippen LogP contribution in [0, 0.1) is 0 Å². The van der Waals surface area contributed by atoms with Crippen LogP contribution in [-0.4, -0.2) is 23.9 Å². The zero-order valence-electron chi connectivity index (χ0n) is 7.26. The highest BCUT2D eigenvalue weighted by molar-refractivity contribution is 4.95. The average molecular weight is 156 g/mol. The summed E-state index contributed by atoms with van der Waals surface area (Å²) in [6.45, 7) is 5.18. The molecule has 0 amide bonds. The van der Waals surface area contributed by atoms with Gasteiger partial charge < -0.3 is 9.84 Å². The van der Waals surface area contributed by atoms with Gasteiger partial charge in [0.2, 0.25) is 0 Å². The molecule has 1 fully saturated rings. The van der Waals surface area contributed by atoms with Crippen molar-refractivity contribution in [1.82, 2.24) is 0 Å². The monoisotopic (exact) mass is 156 g/mol. The van der Waals surface area contributed by atoms with Crippen LogP contribution in [0.3, 0.4) is 0 Å². The lowest BCUT2D eigenvalue weighted by atomic mass is 9.95. The molecule has 64 valence electrons. The van der Waals surface area contributed by atoms with Crippen molar-refractivity contribution in [1.29, 1.82) is 0 Å². The van der Waals surface area contributed by atoms with E-state index in [1.807, 2.05) is 0 Å². The summed E-state index contributed by atoms with van der Waals surface area (Å²) in [5.41, 5.74) is 0.806. The third kappa shape index (κ3) is 2.64. The van der Waals surface area contributed by atoms with Crippen LogP contribution in [0.1, 0.15) is 26.7 Å². The second kappa shape index (κ2) is 3.37. The molecule has 1 aliphatic heterocycles. The van der Waals surface area contributed by atoms with Gasteiger partial charge in [-0.3, -0.25) is 0 Å². The Labute approximate surface area is 67.9 Å². The number of aliphatic hydroxyl groups is 1. The lowest BCUT2D eigenvalue weighted by molar-refractivity contribution is -0.180. The van der Waals surface area contributed by atoms with Gasteiger partial charge in [-0.2, -0.15) is 0 Å². The smallest absolute Gasteiger partial charge is 0.111 e. The molecule has 0 bridgehead atoms. The Hall–Kier alpha value is -0.340. The Balaban J connectivity index is 2.16. The zero-order valence-corrected chi connectivity index (χ0v) is 7.26. The molecule has 0 spiro atoms. The van der Waals surface area contributed by atoms with E-state index >= 15 is 0 Å². The van der Waals surface area contributed by atoms with Crippen LogP contribution in [0.25, 0.3) is 0 Å². The van der Waals surface area contributed by atoms with Crippen molar-refractivity contribution in [3.8, 4) is 0 Å². The maximum atomic E-state index is 9.57. The SMILES string of the molecule is CC(C)=CCCC1(O)COC1. The Kier molecular flexibility index (Phi) is 2.68. The molecule has 0 aliphatic carbocycles. The largest absolute Gasteiger partial charge is 0.385 e. The van der Waals surface area contributed by atoms with Gasteiger partial charge in [-0.05, 0) is 26.7 Å². The zero-order chi connectivity index (χ0) is 8.32. The Morgan fingerprint density at radius 3 is 2.55 bits per heavy atom. The molecule has 0 aromatic rings. The van der Waals surface area contributed by atoms with Gasteiger partial charge in [0, 0.05) is 0 Å². The second-order valence-electron chi connectivity index (χ2n) is 3.54. The highest BCUT2D eigenvalue weighted by Crippen LogP contribution is 2.22. The number of allylic oxidation sites excluding steroid dienone is 2. The van der Waals surface area contributed by atoms with E-state index in [-0.39, 0.29) is 0 Å². The van der Waals surface area contributed by atoms with Crippen LogP contribution in [0.2, 0.25) is 0 Å². The molecule has 0 saturated carbocycles. The standard InChI is InChI=1S/C9H16O2/c1-8(2)4-3-5-9(10)6-11-7-9/h4,10H,3,5-7H2,1-2H3. The molecule has 1 rings (SSSR count). The molecule has 2 nitrogen and oxygen atoms in total. The topological polar surface area (TPSA) is 29.5 Å². The molecule has 1 saturated heterocycles. The van der Waals surface area contributed by atoms with Crippen LogP contribution in [0.15, 0.2) is 11.6 Å². The van der Waals surface area contributed by atoms with Crippen molar-refractivity contribution in [2.45, 2.75) is 32.3 Å². The van der Waals surface area contributed by atoms with Crippen molar-refractivity contribution in [2.75, 3.05) is 13.2 Å². The second-order valence-corrected chi connectivity index (χ2v) is 3.54. The molecule has 0 unspecified atom stereocenters. The molecule has 11 heavy (non-hydrogen) atoms. The molecule has 1 heterocycles.